The summed E-state index contributed by atoms with van der Waals surface area (Å²) in [7, 11) is 0. The summed E-state index contributed by atoms with van der Waals surface area (Å²) in [4.78, 5) is 12.0. The molecule has 0 radical (unpaired) electrons. The Bertz CT molecular complexity index is 800. The van der Waals surface area contributed by atoms with Crippen molar-refractivity contribution >= 4 is 5.97 Å². The molecule has 0 atom stereocenters. The molecule has 24 heavy (non-hydrogen) atoms. The van der Waals surface area contributed by atoms with Crippen LogP contribution >= 0.6 is 0 Å². The molecule has 1 aromatic carbocycles. The van der Waals surface area contributed by atoms with E-state index in [1.165, 1.54) is 0 Å². The summed E-state index contributed by atoms with van der Waals surface area (Å²) in [6.45, 7) is 3.90. The second-order valence-electron chi connectivity index (χ2n) is 5.25. The van der Waals surface area contributed by atoms with E-state index < -0.39 is 5.97 Å². The quantitative estimate of drug-likeness (QED) is 0.641. The SMILES string of the molecule is Cc1noc(C)c1COC(=O)c1ccc(COc2ccccc2)o1. The first-order chi connectivity index (χ1) is 11.6. The molecule has 0 aliphatic heterocycles. The van der Waals surface area contributed by atoms with Crippen LogP contribution in [0.4, 0.5) is 0 Å². The van der Waals surface area contributed by atoms with Gasteiger partial charge in [0.1, 0.15) is 30.5 Å². The maximum atomic E-state index is 12.0. The Morgan fingerprint density at radius 1 is 1.08 bits per heavy atom. The summed E-state index contributed by atoms with van der Waals surface area (Å²) in [5, 5.41) is 3.82. The second kappa shape index (κ2) is 7.04. The molecule has 0 amide bonds. The van der Waals surface area contributed by atoms with E-state index in [2.05, 4.69) is 5.16 Å². The van der Waals surface area contributed by atoms with Gasteiger partial charge in [0, 0.05) is 0 Å². The van der Waals surface area contributed by atoms with Crippen LogP contribution < -0.4 is 4.74 Å². The number of benzene rings is 1. The van der Waals surface area contributed by atoms with E-state index in [0.717, 1.165) is 11.3 Å². The zero-order chi connectivity index (χ0) is 16.9. The van der Waals surface area contributed by atoms with E-state index in [1.54, 1.807) is 26.0 Å². The Balaban J connectivity index is 1.55. The van der Waals surface area contributed by atoms with Crippen LogP contribution in [0.3, 0.4) is 0 Å². The first-order valence-electron chi connectivity index (χ1n) is 7.49. The number of hydrogen-bond acceptors (Lipinski definition) is 6. The van der Waals surface area contributed by atoms with Gasteiger partial charge in [-0.1, -0.05) is 23.4 Å². The van der Waals surface area contributed by atoms with Crippen LogP contribution in [-0.4, -0.2) is 11.1 Å². The molecular weight excluding hydrogens is 310 g/mol. The maximum Gasteiger partial charge on any atom is 0.374 e. The van der Waals surface area contributed by atoms with Crippen molar-refractivity contribution in [3.05, 3.63) is 71.0 Å². The molecule has 0 saturated heterocycles. The minimum atomic E-state index is -0.541. The Morgan fingerprint density at radius 2 is 1.88 bits per heavy atom. The molecule has 0 spiro atoms. The van der Waals surface area contributed by atoms with E-state index in [-0.39, 0.29) is 19.0 Å². The Kier molecular flexibility index (Phi) is 4.65. The molecule has 0 aliphatic rings. The summed E-state index contributed by atoms with van der Waals surface area (Å²) in [6.07, 6.45) is 0. The van der Waals surface area contributed by atoms with Crippen LogP contribution in [0.5, 0.6) is 5.75 Å². The molecule has 124 valence electrons. The normalized spacial score (nSPS) is 10.6. The van der Waals surface area contributed by atoms with Crippen LogP contribution in [-0.2, 0) is 18.0 Å². The monoisotopic (exact) mass is 327 g/mol. The predicted molar refractivity (Wildman–Crippen MR) is 84.6 cm³/mol. The van der Waals surface area contributed by atoms with Gasteiger partial charge >= 0.3 is 5.97 Å². The molecule has 0 aliphatic carbocycles. The highest BCUT2D eigenvalue weighted by Gasteiger charge is 2.16. The first kappa shape index (κ1) is 15.9. The molecule has 2 heterocycles. The number of para-hydroxylation sites is 1. The summed E-state index contributed by atoms with van der Waals surface area (Å²) in [5.74, 6) is 1.51. The zero-order valence-corrected chi connectivity index (χ0v) is 13.4. The van der Waals surface area contributed by atoms with Gasteiger partial charge in [-0.05, 0) is 38.1 Å². The van der Waals surface area contributed by atoms with Gasteiger partial charge in [-0.25, -0.2) is 4.79 Å². The number of rotatable bonds is 6. The van der Waals surface area contributed by atoms with Gasteiger partial charge < -0.3 is 18.4 Å². The molecule has 0 unspecified atom stereocenters. The minimum absolute atomic E-state index is 0.0938. The molecule has 6 heteroatoms. The van der Waals surface area contributed by atoms with Crippen molar-refractivity contribution < 1.29 is 23.2 Å². The van der Waals surface area contributed by atoms with E-state index in [4.69, 9.17) is 18.4 Å². The lowest BCUT2D eigenvalue weighted by molar-refractivity contribution is 0.0430. The third kappa shape index (κ3) is 3.65. The van der Waals surface area contributed by atoms with Gasteiger partial charge in [0.2, 0.25) is 5.76 Å². The van der Waals surface area contributed by atoms with Crippen molar-refractivity contribution in [3.63, 3.8) is 0 Å². The second-order valence-corrected chi connectivity index (χ2v) is 5.25. The lowest BCUT2D eigenvalue weighted by Crippen LogP contribution is -2.05. The molecular formula is C18H17NO5. The number of hydrogen-bond donors (Lipinski definition) is 0. The highest BCUT2D eigenvalue weighted by Crippen LogP contribution is 2.17. The fraction of sp³-hybridized carbons (Fsp3) is 0.222. The van der Waals surface area contributed by atoms with Crippen molar-refractivity contribution in [1.29, 1.82) is 0 Å². The van der Waals surface area contributed by atoms with Gasteiger partial charge in [0.05, 0.1) is 11.3 Å². The largest absolute Gasteiger partial charge is 0.486 e. The van der Waals surface area contributed by atoms with Crippen LogP contribution in [0.1, 0.15) is 33.3 Å². The van der Waals surface area contributed by atoms with E-state index in [0.29, 0.717) is 17.2 Å². The van der Waals surface area contributed by atoms with Crippen molar-refractivity contribution in [2.24, 2.45) is 0 Å². The van der Waals surface area contributed by atoms with Crippen molar-refractivity contribution in [2.75, 3.05) is 0 Å². The molecule has 2 aromatic heterocycles. The highest BCUT2D eigenvalue weighted by molar-refractivity contribution is 5.86. The van der Waals surface area contributed by atoms with E-state index >= 15 is 0 Å². The smallest absolute Gasteiger partial charge is 0.374 e. The Hall–Kier alpha value is -3.02. The lowest BCUT2D eigenvalue weighted by atomic mass is 10.2. The summed E-state index contributed by atoms with van der Waals surface area (Å²) < 4.78 is 21.3. The molecule has 6 nitrogen and oxygen atoms in total. The van der Waals surface area contributed by atoms with Crippen LogP contribution in [0.15, 0.2) is 51.4 Å². The molecule has 3 rings (SSSR count). The summed E-state index contributed by atoms with van der Waals surface area (Å²) in [5.41, 5.74) is 1.47. The molecule has 0 fully saturated rings. The number of esters is 1. The van der Waals surface area contributed by atoms with Crippen LogP contribution in [0.25, 0.3) is 0 Å². The van der Waals surface area contributed by atoms with Crippen molar-refractivity contribution in [3.8, 4) is 5.75 Å². The van der Waals surface area contributed by atoms with E-state index in [1.807, 2.05) is 30.3 Å². The molecule has 0 N–H and O–H groups in total. The number of nitrogens with zero attached hydrogens (tertiary/aromatic N) is 1. The van der Waals surface area contributed by atoms with Gasteiger partial charge in [-0.15, -0.1) is 0 Å². The zero-order valence-electron chi connectivity index (χ0n) is 13.4. The fourth-order valence-electron chi connectivity index (χ4n) is 2.15. The highest BCUT2D eigenvalue weighted by atomic mass is 16.5. The molecule has 0 bridgehead atoms. The van der Waals surface area contributed by atoms with Crippen molar-refractivity contribution in [1.82, 2.24) is 5.16 Å². The third-order valence-electron chi connectivity index (χ3n) is 3.52. The number of carbonyl (C=O) groups is 1. The lowest BCUT2D eigenvalue weighted by Gasteiger charge is -2.04. The van der Waals surface area contributed by atoms with Crippen LogP contribution in [0.2, 0.25) is 0 Å². The average Bonchev–Trinajstić information content (AvgIpc) is 3.19. The number of carbonyl (C=O) groups excluding carboxylic acids is 1. The van der Waals surface area contributed by atoms with Gasteiger partial charge in [-0.2, -0.15) is 0 Å². The molecule has 0 saturated carbocycles. The topological polar surface area (TPSA) is 74.7 Å². The van der Waals surface area contributed by atoms with Gasteiger partial charge in [0.25, 0.3) is 0 Å². The summed E-state index contributed by atoms with van der Waals surface area (Å²) in [6, 6.07) is 12.6. The predicted octanol–water partition coefficient (Wildman–Crippen LogP) is 3.82. The number of ether oxygens (including phenoxy) is 2. The van der Waals surface area contributed by atoms with Crippen molar-refractivity contribution in [2.45, 2.75) is 27.1 Å². The average molecular weight is 327 g/mol. The number of aromatic nitrogens is 1. The third-order valence-corrected chi connectivity index (χ3v) is 3.52. The van der Waals surface area contributed by atoms with Gasteiger partial charge in [0.15, 0.2) is 0 Å². The summed E-state index contributed by atoms with van der Waals surface area (Å²) >= 11 is 0. The first-order valence-corrected chi connectivity index (χ1v) is 7.49. The fourth-order valence-corrected chi connectivity index (χ4v) is 2.15. The number of furan rings is 1. The molecule has 3 aromatic rings. The maximum absolute atomic E-state index is 12.0. The van der Waals surface area contributed by atoms with E-state index in [9.17, 15) is 4.79 Å². The number of aryl methyl sites for hydroxylation is 2. The standard InChI is InChI=1S/C18H17NO5/c1-12-16(13(2)24-19-12)11-22-18(20)17-9-8-15(23-17)10-21-14-6-4-3-5-7-14/h3-9H,10-11H2,1-2H3. The van der Waals surface area contributed by atoms with Crippen LogP contribution in [0, 0.1) is 13.8 Å². The Labute approximate surface area is 139 Å². The Morgan fingerprint density at radius 3 is 2.58 bits per heavy atom. The minimum Gasteiger partial charge on any atom is -0.486 e. The van der Waals surface area contributed by atoms with Gasteiger partial charge in [-0.3, -0.25) is 0 Å².